The van der Waals surface area contributed by atoms with Crippen LogP contribution >= 0.6 is 24.0 Å². The molecule has 1 aliphatic heterocycles. The van der Waals surface area contributed by atoms with Crippen LogP contribution in [-0.4, -0.2) is 77.2 Å². The lowest BCUT2D eigenvalue weighted by atomic mass is 10.1. The van der Waals surface area contributed by atoms with Crippen LogP contribution in [0.3, 0.4) is 0 Å². The average molecular weight is 471 g/mol. The first kappa shape index (κ1) is 24.9. The van der Waals surface area contributed by atoms with E-state index in [1.54, 1.807) is 7.11 Å². The maximum atomic E-state index is 5.90. The van der Waals surface area contributed by atoms with Gasteiger partial charge in [0.15, 0.2) is 5.96 Å². The Labute approximate surface area is 171 Å². The summed E-state index contributed by atoms with van der Waals surface area (Å²) in [6.45, 7) is 10.3. The average Bonchev–Trinajstić information content (AvgIpc) is 2.59. The molecule has 1 rings (SSSR count). The summed E-state index contributed by atoms with van der Waals surface area (Å²) in [6, 6.07) is 0. The lowest BCUT2D eigenvalue weighted by molar-refractivity contribution is 0.00983. The highest BCUT2D eigenvalue weighted by Gasteiger charge is 2.21. The lowest BCUT2D eigenvalue weighted by Gasteiger charge is -2.34. The van der Waals surface area contributed by atoms with Gasteiger partial charge in [-0.1, -0.05) is 13.8 Å². The number of nitrogens with zero attached hydrogens (tertiary/aromatic N) is 2. The van der Waals surface area contributed by atoms with Gasteiger partial charge in [0.1, 0.15) is 0 Å². The molecule has 25 heavy (non-hydrogen) atoms. The van der Waals surface area contributed by atoms with Crippen LogP contribution in [0.5, 0.6) is 0 Å². The number of guanidine groups is 1. The summed E-state index contributed by atoms with van der Waals surface area (Å²) in [7, 11) is 3.57. The van der Waals surface area contributed by atoms with Crippen molar-refractivity contribution in [3.8, 4) is 0 Å². The maximum absolute atomic E-state index is 5.90. The molecule has 1 heterocycles. The minimum atomic E-state index is 0. The van der Waals surface area contributed by atoms with E-state index in [-0.39, 0.29) is 24.0 Å². The van der Waals surface area contributed by atoms with Crippen LogP contribution in [0.2, 0.25) is 0 Å². The molecule has 0 atom stereocenters. The van der Waals surface area contributed by atoms with Crippen LogP contribution in [0.15, 0.2) is 4.99 Å². The summed E-state index contributed by atoms with van der Waals surface area (Å²) in [4.78, 5) is 6.70. The summed E-state index contributed by atoms with van der Waals surface area (Å²) >= 11 is 0. The molecule has 0 aromatic heterocycles. The number of likely N-dealkylation sites (tertiary alicyclic amines) is 1. The van der Waals surface area contributed by atoms with Crippen molar-refractivity contribution in [2.24, 2.45) is 10.9 Å². The second kappa shape index (κ2) is 16.1. The molecule has 0 radical (unpaired) electrons. The van der Waals surface area contributed by atoms with Crippen molar-refractivity contribution in [1.29, 1.82) is 0 Å². The molecule has 0 aliphatic carbocycles. The van der Waals surface area contributed by atoms with Gasteiger partial charge in [-0.3, -0.25) is 4.99 Å². The van der Waals surface area contributed by atoms with Gasteiger partial charge in [-0.25, -0.2) is 0 Å². The number of nitrogens with one attached hydrogen (secondary N) is 1. The number of rotatable bonds is 11. The lowest BCUT2D eigenvalue weighted by Crippen LogP contribution is -2.47. The molecule has 0 aromatic carbocycles. The van der Waals surface area contributed by atoms with Crippen LogP contribution in [0.4, 0.5) is 0 Å². The zero-order chi connectivity index (χ0) is 17.6. The van der Waals surface area contributed by atoms with Gasteiger partial charge in [0.2, 0.25) is 0 Å². The van der Waals surface area contributed by atoms with Gasteiger partial charge in [0.25, 0.3) is 0 Å². The Balaban J connectivity index is 0.00000576. The van der Waals surface area contributed by atoms with E-state index in [2.05, 4.69) is 29.1 Å². The van der Waals surface area contributed by atoms with Crippen molar-refractivity contribution in [2.45, 2.75) is 45.6 Å². The first-order valence-electron chi connectivity index (χ1n) is 9.31. The van der Waals surface area contributed by atoms with E-state index in [4.69, 9.17) is 14.2 Å². The number of hydrogen-bond acceptors (Lipinski definition) is 4. The third-order valence-corrected chi connectivity index (χ3v) is 4.17. The summed E-state index contributed by atoms with van der Waals surface area (Å²) in [5.74, 6) is 1.67. The minimum absolute atomic E-state index is 0. The van der Waals surface area contributed by atoms with Gasteiger partial charge >= 0.3 is 0 Å². The van der Waals surface area contributed by atoms with Crippen LogP contribution < -0.4 is 5.32 Å². The highest BCUT2D eigenvalue weighted by molar-refractivity contribution is 14.0. The fraction of sp³-hybridized carbons (Fsp3) is 0.944. The molecule has 1 fully saturated rings. The Kier molecular flexibility index (Phi) is 16.0. The maximum Gasteiger partial charge on any atom is 0.193 e. The largest absolute Gasteiger partial charge is 0.385 e. The van der Waals surface area contributed by atoms with E-state index in [9.17, 15) is 0 Å². The van der Waals surface area contributed by atoms with Crippen molar-refractivity contribution in [3.05, 3.63) is 0 Å². The molecule has 0 unspecified atom stereocenters. The van der Waals surface area contributed by atoms with E-state index >= 15 is 0 Å². The summed E-state index contributed by atoms with van der Waals surface area (Å²) < 4.78 is 16.6. The van der Waals surface area contributed by atoms with Crippen molar-refractivity contribution < 1.29 is 14.2 Å². The predicted molar refractivity (Wildman–Crippen MR) is 114 cm³/mol. The molecule has 0 aromatic rings. The third-order valence-electron chi connectivity index (χ3n) is 4.17. The smallest absolute Gasteiger partial charge is 0.193 e. The summed E-state index contributed by atoms with van der Waals surface area (Å²) in [6.07, 6.45) is 4.57. The molecule has 0 bridgehead atoms. The third kappa shape index (κ3) is 12.0. The molecule has 7 heteroatoms. The molecule has 1 aliphatic rings. The molecule has 0 spiro atoms. The van der Waals surface area contributed by atoms with Gasteiger partial charge in [-0.2, -0.15) is 0 Å². The summed E-state index contributed by atoms with van der Waals surface area (Å²) in [5.41, 5.74) is 0. The highest BCUT2D eigenvalue weighted by atomic mass is 127. The van der Waals surface area contributed by atoms with Crippen LogP contribution in [-0.2, 0) is 14.2 Å². The standard InChI is InChI=1S/C18H37N3O3.HI/c1-16(2)8-14-23-15-9-20-18(19-3)21-10-6-17(7-11-21)24-13-5-12-22-4;/h16-17H,5-15H2,1-4H3,(H,19,20);1H. The second-order valence-electron chi connectivity index (χ2n) is 6.67. The van der Waals surface area contributed by atoms with Crippen LogP contribution in [0, 0.1) is 5.92 Å². The van der Waals surface area contributed by atoms with E-state index in [0.29, 0.717) is 12.0 Å². The quantitative estimate of drug-likeness (QED) is 0.217. The molecule has 0 saturated carbocycles. The van der Waals surface area contributed by atoms with Crippen molar-refractivity contribution in [1.82, 2.24) is 10.2 Å². The monoisotopic (exact) mass is 471 g/mol. The van der Waals surface area contributed by atoms with Gasteiger partial charge in [-0.15, -0.1) is 24.0 Å². The number of ether oxygens (including phenoxy) is 3. The Hall–Kier alpha value is -0.120. The second-order valence-corrected chi connectivity index (χ2v) is 6.67. The first-order valence-corrected chi connectivity index (χ1v) is 9.31. The SMILES string of the molecule is CN=C(NCCOCCC(C)C)N1CCC(OCCCOC)CC1.I. The van der Waals surface area contributed by atoms with E-state index in [0.717, 1.165) is 77.7 Å². The van der Waals surface area contributed by atoms with Crippen molar-refractivity contribution >= 4 is 29.9 Å². The fourth-order valence-electron chi connectivity index (χ4n) is 2.68. The zero-order valence-corrected chi connectivity index (χ0v) is 18.8. The van der Waals surface area contributed by atoms with E-state index < -0.39 is 0 Å². The summed E-state index contributed by atoms with van der Waals surface area (Å²) in [5, 5.41) is 3.40. The molecule has 0 amide bonds. The molecular weight excluding hydrogens is 433 g/mol. The number of methoxy groups -OCH3 is 1. The Morgan fingerprint density at radius 1 is 1.16 bits per heavy atom. The van der Waals surface area contributed by atoms with Crippen molar-refractivity contribution in [3.63, 3.8) is 0 Å². The van der Waals surface area contributed by atoms with Gasteiger partial charge in [0.05, 0.1) is 12.7 Å². The molecule has 1 N–H and O–H groups in total. The normalized spacial score (nSPS) is 16.2. The van der Waals surface area contributed by atoms with E-state index in [1.807, 2.05) is 7.05 Å². The Morgan fingerprint density at radius 2 is 1.88 bits per heavy atom. The number of halogens is 1. The Bertz CT molecular complexity index is 336. The topological polar surface area (TPSA) is 55.3 Å². The van der Waals surface area contributed by atoms with Gasteiger partial charge < -0.3 is 24.4 Å². The highest BCUT2D eigenvalue weighted by Crippen LogP contribution is 2.14. The fourth-order valence-corrected chi connectivity index (χ4v) is 2.68. The van der Waals surface area contributed by atoms with Crippen LogP contribution in [0.25, 0.3) is 0 Å². The van der Waals surface area contributed by atoms with Gasteiger partial charge in [0, 0.05) is 53.6 Å². The predicted octanol–water partition coefficient (Wildman–Crippen LogP) is 2.76. The van der Waals surface area contributed by atoms with Crippen LogP contribution in [0.1, 0.15) is 39.5 Å². The molecular formula is C18H38IN3O3. The number of aliphatic imine (C=N–C) groups is 1. The zero-order valence-electron chi connectivity index (χ0n) is 16.5. The van der Waals surface area contributed by atoms with E-state index in [1.165, 1.54) is 0 Å². The number of piperidine rings is 1. The molecule has 1 saturated heterocycles. The van der Waals surface area contributed by atoms with Gasteiger partial charge in [-0.05, 0) is 31.6 Å². The van der Waals surface area contributed by atoms with Crippen molar-refractivity contribution in [2.75, 3.05) is 60.2 Å². The number of hydrogen-bond donors (Lipinski definition) is 1. The molecule has 150 valence electrons. The minimum Gasteiger partial charge on any atom is -0.385 e. The first-order chi connectivity index (χ1) is 11.7. The molecule has 6 nitrogen and oxygen atoms in total. The Morgan fingerprint density at radius 3 is 2.48 bits per heavy atom.